The second kappa shape index (κ2) is 8.29. The van der Waals surface area contributed by atoms with Crippen molar-refractivity contribution in [2.24, 2.45) is 5.92 Å². The Bertz CT molecular complexity index is 467. The van der Waals surface area contributed by atoms with Crippen molar-refractivity contribution < 1.29 is 9.90 Å². The fraction of sp³-hybridized carbons (Fsp3) is 0.562. The molecule has 1 aliphatic carbocycles. The van der Waals surface area contributed by atoms with E-state index in [0.717, 1.165) is 36.3 Å². The summed E-state index contributed by atoms with van der Waals surface area (Å²) in [6.07, 6.45) is 7.39. The van der Waals surface area contributed by atoms with Crippen LogP contribution in [0.15, 0.2) is 29.2 Å². The monoisotopic (exact) mass is 308 g/mol. The van der Waals surface area contributed by atoms with Crippen LogP contribution in [0.1, 0.15) is 32.1 Å². The van der Waals surface area contributed by atoms with Gasteiger partial charge < -0.3 is 15.7 Å². The molecule has 1 saturated carbocycles. The fourth-order valence-electron chi connectivity index (χ4n) is 2.83. The second-order valence-electron chi connectivity index (χ2n) is 5.52. The topological polar surface area (TPSA) is 61.4 Å². The maximum absolute atomic E-state index is 12.1. The van der Waals surface area contributed by atoms with Crippen LogP contribution in [-0.4, -0.2) is 30.0 Å². The first kappa shape index (κ1) is 16.2. The van der Waals surface area contributed by atoms with E-state index in [1.165, 1.54) is 6.42 Å². The highest BCUT2D eigenvalue weighted by molar-refractivity contribution is 7.98. The van der Waals surface area contributed by atoms with Crippen LogP contribution in [0, 0.1) is 5.92 Å². The minimum absolute atomic E-state index is 0.0706. The maximum atomic E-state index is 12.1. The van der Waals surface area contributed by atoms with Crippen LogP contribution in [0.4, 0.5) is 10.5 Å². The Kier molecular flexibility index (Phi) is 6.39. The first-order valence-corrected chi connectivity index (χ1v) is 8.78. The predicted molar refractivity (Wildman–Crippen MR) is 87.8 cm³/mol. The number of urea groups is 1. The Morgan fingerprint density at radius 3 is 2.90 bits per heavy atom. The van der Waals surface area contributed by atoms with Crippen LogP contribution in [0.25, 0.3) is 0 Å². The lowest BCUT2D eigenvalue weighted by Gasteiger charge is -2.24. The van der Waals surface area contributed by atoms with Crippen molar-refractivity contribution in [3.05, 3.63) is 24.3 Å². The van der Waals surface area contributed by atoms with E-state index in [-0.39, 0.29) is 24.6 Å². The molecule has 1 aromatic carbocycles. The van der Waals surface area contributed by atoms with Crippen LogP contribution in [-0.2, 0) is 0 Å². The van der Waals surface area contributed by atoms with E-state index in [1.807, 2.05) is 30.5 Å². The number of hydrogen-bond donors (Lipinski definition) is 3. The molecular weight excluding hydrogens is 284 g/mol. The summed E-state index contributed by atoms with van der Waals surface area (Å²) in [6.45, 7) is 0.146. The zero-order valence-electron chi connectivity index (χ0n) is 12.5. The molecular formula is C16H24N2O2S. The van der Waals surface area contributed by atoms with E-state index < -0.39 is 0 Å². The zero-order chi connectivity index (χ0) is 15.1. The highest BCUT2D eigenvalue weighted by Crippen LogP contribution is 2.23. The van der Waals surface area contributed by atoms with E-state index in [0.29, 0.717) is 0 Å². The van der Waals surface area contributed by atoms with Crippen molar-refractivity contribution in [1.82, 2.24) is 5.32 Å². The Morgan fingerprint density at radius 2 is 2.14 bits per heavy atom. The van der Waals surface area contributed by atoms with Crippen LogP contribution in [0.2, 0.25) is 0 Å². The molecule has 1 aliphatic rings. The van der Waals surface area contributed by atoms with Gasteiger partial charge in [-0.3, -0.25) is 0 Å². The van der Waals surface area contributed by atoms with Gasteiger partial charge in [-0.1, -0.05) is 25.3 Å². The minimum Gasteiger partial charge on any atom is -0.396 e. The number of nitrogens with one attached hydrogen (secondary N) is 2. The standard InChI is InChI=1S/C16H24N2O2S/c1-21-14-8-5-7-13(10-14)17-16(20)18-15-9-4-2-3-6-12(15)11-19/h5,7-8,10,12,15,19H,2-4,6,9,11H2,1H3,(H2,17,18,20). The molecule has 116 valence electrons. The van der Waals surface area contributed by atoms with E-state index in [4.69, 9.17) is 0 Å². The molecule has 1 fully saturated rings. The summed E-state index contributed by atoms with van der Waals surface area (Å²) in [6, 6.07) is 7.68. The average Bonchev–Trinajstić information content (AvgIpc) is 2.72. The molecule has 0 spiro atoms. The number of aliphatic hydroxyl groups excluding tert-OH is 1. The summed E-state index contributed by atoms with van der Waals surface area (Å²) in [5.74, 6) is 0.177. The molecule has 0 aliphatic heterocycles. The molecule has 0 saturated heterocycles. The first-order valence-electron chi connectivity index (χ1n) is 7.55. The lowest BCUT2D eigenvalue weighted by molar-refractivity contribution is 0.182. The van der Waals surface area contributed by atoms with Gasteiger partial charge in [-0.15, -0.1) is 11.8 Å². The van der Waals surface area contributed by atoms with Gasteiger partial charge in [0.05, 0.1) is 0 Å². The Labute approximate surface area is 130 Å². The molecule has 1 aromatic rings. The van der Waals surface area contributed by atoms with Gasteiger partial charge in [-0.25, -0.2) is 4.79 Å². The number of aliphatic hydroxyl groups is 1. The van der Waals surface area contributed by atoms with Crippen molar-refractivity contribution in [1.29, 1.82) is 0 Å². The third-order valence-corrected chi connectivity index (χ3v) is 4.76. The third kappa shape index (κ3) is 4.93. The molecule has 0 aromatic heterocycles. The van der Waals surface area contributed by atoms with Crippen LogP contribution in [0.3, 0.4) is 0 Å². The molecule has 3 N–H and O–H groups in total. The summed E-state index contributed by atoms with van der Waals surface area (Å²) in [5.41, 5.74) is 0.800. The summed E-state index contributed by atoms with van der Waals surface area (Å²) in [5, 5.41) is 15.4. The molecule has 21 heavy (non-hydrogen) atoms. The van der Waals surface area contributed by atoms with Crippen molar-refractivity contribution in [2.45, 2.75) is 43.0 Å². The molecule has 0 heterocycles. The lowest BCUT2D eigenvalue weighted by atomic mass is 9.96. The Balaban J connectivity index is 1.93. The van der Waals surface area contributed by atoms with Crippen molar-refractivity contribution in [3.63, 3.8) is 0 Å². The quantitative estimate of drug-likeness (QED) is 0.589. The van der Waals surface area contributed by atoms with Gasteiger partial charge in [-0.2, -0.15) is 0 Å². The fourth-order valence-corrected chi connectivity index (χ4v) is 3.29. The van der Waals surface area contributed by atoms with Gasteiger partial charge in [-0.05, 0) is 37.3 Å². The highest BCUT2D eigenvalue weighted by atomic mass is 32.2. The highest BCUT2D eigenvalue weighted by Gasteiger charge is 2.24. The Hall–Kier alpha value is -1.20. The normalized spacial score (nSPS) is 22.4. The van der Waals surface area contributed by atoms with Gasteiger partial charge in [0.2, 0.25) is 0 Å². The van der Waals surface area contributed by atoms with Gasteiger partial charge in [0.25, 0.3) is 0 Å². The Morgan fingerprint density at radius 1 is 1.33 bits per heavy atom. The molecule has 5 heteroatoms. The molecule has 2 amide bonds. The summed E-state index contributed by atoms with van der Waals surface area (Å²) in [4.78, 5) is 13.3. The van der Waals surface area contributed by atoms with E-state index in [9.17, 15) is 9.90 Å². The average molecular weight is 308 g/mol. The number of benzene rings is 1. The van der Waals surface area contributed by atoms with Gasteiger partial charge in [0.15, 0.2) is 0 Å². The number of amides is 2. The van der Waals surface area contributed by atoms with Crippen LogP contribution < -0.4 is 10.6 Å². The first-order chi connectivity index (χ1) is 10.2. The number of hydrogen-bond acceptors (Lipinski definition) is 3. The van der Waals surface area contributed by atoms with Crippen molar-refractivity contribution >= 4 is 23.5 Å². The zero-order valence-corrected chi connectivity index (χ0v) is 13.3. The molecule has 2 atom stereocenters. The summed E-state index contributed by atoms with van der Waals surface area (Å²) < 4.78 is 0. The number of carbonyl (C=O) groups is 1. The number of carbonyl (C=O) groups excluding carboxylic acids is 1. The van der Waals surface area contributed by atoms with Crippen LogP contribution >= 0.6 is 11.8 Å². The lowest BCUT2D eigenvalue weighted by Crippen LogP contribution is -2.43. The predicted octanol–water partition coefficient (Wildman–Crippen LogP) is 3.47. The van der Waals surface area contributed by atoms with Gasteiger partial charge in [0, 0.05) is 29.1 Å². The molecule has 0 bridgehead atoms. The van der Waals surface area contributed by atoms with E-state index >= 15 is 0 Å². The molecule has 2 unspecified atom stereocenters. The van der Waals surface area contributed by atoms with Crippen LogP contribution in [0.5, 0.6) is 0 Å². The molecule has 4 nitrogen and oxygen atoms in total. The SMILES string of the molecule is CSc1cccc(NC(=O)NC2CCCCCC2CO)c1. The smallest absolute Gasteiger partial charge is 0.319 e. The number of thioether (sulfide) groups is 1. The summed E-state index contributed by atoms with van der Waals surface area (Å²) in [7, 11) is 0. The number of anilines is 1. The molecule has 0 radical (unpaired) electrons. The minimum atomic E-state index is -0.182. The van der Waals surface area contributed by atoms with Gasteiger partial charge >= 0.3 is 6.03 Å². The second-order valence-corrected chi connectivity index (χ2v) is 6.40. The van der Waals surface area contributed by atoms with Crippen molar-refractivity contribution in [2.75, 3.05) is 18.2 Å². The van der Waals surface area contributed by atoms with E-state index in [2.05, 4.69) is 10.6 Å². The van der Waals surface area contributed by atoms with Gasteiger partial charge in [0.1, 0.15) is 0 Å². The molecule has 2 rings (SSSR count). The number of rotatable bonds is 4. The maximum Gasteiger partial charge on any atom is 0.319 e. The van der Waals surface area contributed by atoms with E-state index in [1.54, 1.807) is 11.8 Å². The third-order valence-electron chi connectivity index (χ3n) is 4.04. The largest absolute Gasteiger partial charge is 0.396 e. The van der Waals surface area contributed by atoms with Crippen molar-refractivity contribution in [3.8, 4) is 0 Å². The summed E-state index contributed by atoms with van der Waals surface area (Å²) >= 11 is 1.65.